The fraction of sp³-hybridized carbons (Fsp3) is 0.160. The maximum atomic E-state index is 13.9. The maximum Gasteiger partial charge on any atom is 0.357 e. The van der Waals surface area contributed by atoms with Crippen molar-refractivity contribution in [2.75, 3.05) is 19.5 Å². The van der Waals surface area contributed by atoms with E-state index in [9.17, 15) is 14.4 Å². The normalized spacial score (nSPS) is 15.7. The van der Waals surface area contributed by atoms with E-state index in [2.05, 4.69) is 0 Å². The number of carbonyl (C=O) groups is 3. The number of hydrogen-bond acceptors (Lipinski definition) is 7. The summed E-state index contributed by atoms with van der Waals surface area (Å²) in [5.74, 6) is -1.99. The third kappa shape index (κ3) is 4.45. The van der Waals surface area contributed by atoms with Gasteiger partial charge in [0, 0.05) is 15.3 Å². The summed E-state index contributed by atoms with van der Waals surface area (Å²) in [6.07, 6.45) is 1.62. The highest BCUT2D eigenvalue weighted by molar-refractivity contribution is 8.10. The molecule has 10 heteroatoms. The Morgan fingerprint density at radius 3 is 2.37 bits per heavy atom. The van der Waals surface area contributed by atoms with Crippen molar-refractivity contribution >= 4 is 69.5 Å². The number of methoxy groups -OCH3 is 1. The van der Waals surface area contributed by atoms with E-state index in [-0.39, 0.29) is 33.5 Å². The molecule has 0 saturated carbocycles. The molecule has 2 N–H and O–H groups in total. The molecule has 0 saturated heterocycles. The van der Waals surface area contributed by atoms with Crippen LogP contribution < -0.4 is 16.3 Å². The number of thioether (sulfide) groups is 1. The Hall–Kier alpha value is -3.20. The lowest BCUT2D eigenvalue weighted by molar-refractivity contribution is -0.133. The van der Waals surface area contributed by atoms with E-state index in [1.54, 1.807) is 61.5 Å². The van der Waals surface area contributed by atoms with Crippen molar-refractivity contribution in [2.45, 2.75) is 12.2 Å². The Bertz CT molecular complexity index is 1480. The average Bonchev–Trinajstić information content (AvgIpc) is 3.13. The number of rotatable bonds is 5. The van der Waals surface area contributed by atoms with E-state index in [4.69, 9.17) is 38.4 Å². The standard InChI is InChI=1S/C25H20Cl2N2O5S/c1-3-34-24(31)20-18(28)15(12-13-8-4-6-10-16(13)26)19-22(25(32)33-2)35-21(23(30)29(19)20)14-9-5-7-11-17(14)27/h4-12,21H,3,28H2,1-2H3/b15-12+/t21-/m1/s1. The number of hydrogen-bond donors (Lipinski definition) is 1. The number of esters is 2. The molecule has 1 atom stereocenters. The molecule has 1 aliphatic rings. The van der Waals surface area contributed by atoms with Crippen molar-refractivity contribution in [3.05, 3.63) is 86.0 Å². The molecule has 0 unspecified atom stereocenters. The highest BCUT2D eigenvalue weighted by atomic mass is 35.5. The van der Waals surface area contributed by atoms with Crippen LogP contribution in [0.5, 0.6) is 0 Å². The van der Waals surface area contributed by atoms with Gasteiger partial charge in [-0.05, 0) is 36.3 Å². The first kappa shape index (κ1) is 24.9. The van der Waals surface area contributed by atoms with Crippen LogP contribution in [0.15, 0.2) is 48.5 Å². The number of nitrogens with zero attached hydrogens (tertiary/aromatic N) is 1. The van der Waals surface area contributed by atoms with Crippen LogP contribution in [0.1, 0.15) is 38.6 Å². The average molecular weight is 531 g/mol. The van der Waals surface area contributed by atoms with E-state index < -0.39 is 23.1 Å². The van der Waals surface area contributed by atoms with Crippen LogP contribution in [0.2, 0.25) is 10.0 Å². The molecule has 0 fully saturated rings. The van der Waals surface area contributed by atoms with Gasteiger partial charge in [0.15, 0.2) is 5.69 Å². The summed E-state index contributed by atoms with van der Waals surface area (Å²) in [5.41, 5.74) is 7.31. The number of benzene rings is 2. The topological polar surface area (TPSA) is 101 Å². The van der Waals surface area contributed by atoms with Crippen LogP contribution in [-0.2, 0) is 14.3 Å². The molecule has 7 nitrogen and oxygen atoms in total. The van der Waals surface area contributed by atoms with Crippen LogP contribution >= 0.6 is 35.0 Å². The minimum atomic E-state index is -0.932. The molecular formula is C25H20Cl2N2O5S. The lowest BCUT2D eigenvalue weighted by atomic mass is 10.1. The van der Waals surface area contributed by atoms with Crippen molar-refractivity contribution in [2.24, 2.45) is 0 Å². The van der Waals surface area contributed by atoms with Crippen molar-refractivity contribution in [3.63, 3.8) is 0 Å². The van der Waals surface area contributed by atoms with Gasteiger partial charge >= 0.3 is 11.9 Å². The van der Waals surface area contributed by atoms with Crippen molar-refractivity contribution in [1.29, 1.82) is 0 Å². The molecule has 2 aromatic carbocycles. The van der Waals surface area contributed by atoms with Gasteiger partial charge in [-0.1, -0.05) is 71.4 Å². The molecule has 0 amide bonds. The Balaban J connectivity index is 2.14. The van der Waals surface area contributed by atoms with Gasteiger partial charge in [0.1, 0.15) is 10.2 Å². The van der Waals surface area contributed by atoms with Crippen molar-refractivity contribution in [3.8, 4) is 0 Å². The summed E-state index contributed by atoms with van der Waals surface area (Å²) < 4.78 is 11.4. The summed E-state index contributed by atoms with van der Waals surface area (Å²) in [6, 6.07) is 13.8. The predicted octanol–water partition coefficient (Wildman–Crippen LogP) is 3.79. The molecule has 1 aromatic heterocycles. The second-order valence-corrected chi connectivity index (χ2v) is 9.35. The second-order valence-electron chi connectivity index (χ2n) is 7.42. The van der Waals surface area contributed by atoms with Gasteiger partial charge in [-0.3, -0.25) is 9.36 Å². The summed E-state index contributed by atoms with van der Waals surface area (Å²) >= 11 is 13.7. The second kappa shape index (κ2) is 10.2. The van der Waals surface area contributed by atoms with Crippen LogP contribution in [0.25, 0.3) is 11.0 Å². The molecule has 35 heavy (non-hydrogen) atoms. The van der Waals surface area contributed by atoms with E-state index in [0.29, 0.717) is 21.2 Å². The molecule has 4 rings (SSSR count). The van der Waals surface area contributed by atoms with Gasteiger partial charge in [-0.2, -0.15) is 0 Å². The fourth-order valence-electron chi connectivity index (χ4n) is 3.81. The summed E-state index contributed by atoms with van der Waals surface area (Å²) in [4.78, 5) is 39.9. The Morgan fingerprint density at radius 1 is 1.09 bits per heavy atom. The van der Waals surface area contributed by atoms with E-state index >= 15 is 0 Å². The van der Waals surface area contributed by atoms with Gasteiger partial charge in [0.05, 0.1) is 24.8 Å². The van der Waals surface area contributed by atoms with Gasteiger partial charge in [-0.15, -0.1) is 0 Å². The summed E-state index contributed by atoms with van der Waals surface area (Å²) in [7, 11) is 1.23. The van der Waals surface area contributed by atoms with Gasteiger partial charge < -0.3 is 15.2 Å². The Kier molecular flexibility index (Phi) is 7.25. The summed E-state index contributed by atoms with van der Waals surface area (Å²) in [5, 5.41) is 0.244. The zero-order valence-corrected chi connectivity index (χ0v) is 21.0. The molecule has 1 aliphatic heterocycles. The van der Waals surface area contributed by atoms with E-state index in [1.807, 2.05) is 0 Å². The number of carbonyl (C=O) groups excluding carboxylic acids is 3. The smallest absolute Gasteiger partial charge is 0.357 e. The molecule has 0 bridgehead atoms. The molecule has 180 valence electrons. The minimum absolute atomic E-state index is 0.0199. The minimum Gasteiger partial charge on any atom is -0.465 e. The highest BCUT2D eigenvalue weighted by Gasteiger charge is 2.39. The summed E-state index contributed by atoms with van der Waals surface area (Å²) in [6.45, 7) is 1.70. The van der Waals surface area contributed by atoms with Gasteiger partial charge in [0.2, 0.25) is 5.91 Å². The van der Waals surface area contributed by atoms with Crippen molar-refractivity contribution < 1.29 is 23.9 Å². The molecule has 2 heterocycles. The highest BCUT2D eigenvalue weighted by Crippen LogP contribution is 2.42. The zero-order valence-electron chi connectivity index (χ0n) is 18.7. The molecular weight excluding hydrogens is 511 g/mol. The maximum absolute atomic E-state index is 13.9. The van der Waals surface area contributed by atoms with Crippen molar-refractivity contribution in [1.82, 2.24) is 4.57 Å². The molecule has 3 aromatic rings. The molecule has 0 aliphatic carbocycles. The van der Waals surface area contributed by atoms with Crippen LogP contribution in [0.4, 0.5) is 5.69 Å². The van der Waals surface area contributed by atoms with E-state index in [1.165, 1.54) is 7.11 Å². The first-order valence-corrected chi connectivity index (χ1v) is 12.1. The third-order valence-electron chi connectivity index (χ3n) is 5.38. The number of nitrogens with two attached hydrogens (primary N) is 1. The zero-order chi connectivity index (χ0) is 25.3. The largest absolute Gasteiger partial charge is 0.465 e. The number of fused-ring (bicyclic) bond motifs is 1. The van der Waals surface area contributed by atoms with Crippen LogP contribution in [-0.4, -0.2) is 36.1 Å². The number of ether oxygens (including phenoxy) is 2. The Morgan fingerprint density at radius 2 is 1.74 bits per heavy atom. The number of nitrogen functional groups attached to an aromatic ring is 1. The monoisotopic (exact) mass is 530 g/mol. The molecule has 0 radical (unpaired) electrons. The number of halogens is 2. The lowest BCUT2D eigenvalue weighted by Crippen LogP contribution is -2.42. The van der Waals surface area contributed by atoms with Crippen LogP contribution in [0, 0.1) is 0 Å². The fourth-order valence-corrected chi connectivity index (χ4v) is 5.58. The number of anilines is 1. The predicted molar refractivity (Wildman–Crippen MR) is 137 cm³/mol. The SMILES string of the molecule is CCOC(=O)c1c(N)/c(=C\c2ccccc2Cl)c2n1C(=O)[C@@H](c1ccccc1Cl)SC=2C(=O)OC. The lowest BCUT2D eigenvalue weighted by Gasteiger charge is -2.24. The quantitative estimate of drug-likeness (QED) is 0.500. The van der Waals surface area contributed by atoms with Gasteiger partial charge in [-0.25, -0.2) is 9.59 Å². The Labute approximate surface area is 215 Å². The van der Waals surface area contributed by atoms with Crippen LogP contribution in [0.3, 0.4) is 0 Å². The third-order valence-corrected chi connectivity index (χ3v) is 7.35. The first-order chi connectivity index (χ1) is 16.8. The molecule has 0 spiro atoms. The van der Waals surface area contributed by atoms with Gasteiger partial charge in [0.25, 0.3) is 0 Å². The van der Waals surface area contributed by atoms with E-state index in [0.717, 1.165) is 16.3 Å². The number of aromatic nitrogens is 1. The first-order valence-electron chi connectivity index (χ1n) is 10.5.